The lowest BCUT2D eigenvalue weighted by molar-refractivity contribution is 0.169. The van der Waals surface area contributed by atoms with E-state index in [1.807, 2.05) is 13.1 Å². The summed E-state index contributed by atoms with van der Waals surface area (Å²) in [6, 6.07) is 8.83. The smallest absolute Gasteiger partial charge is 0.320 e. The topological polar surface area (TPSA) is 81.3 Å². The Bertz CT molecular complexity index is 884. The van der Waals surface area contributed by atoms with Crippen LogP contribution in [-0.4, -0.2) is 45.5 Å². The van der Waals surface area contributed by atoms with Crippen molar-refractivity contribution in [2.24, 2.45) is 0 Å². The number of carbonyl (C=O) groups is 1. The van der Waals surface area contributed by atoms with Crippen LogP contribution in [0.5, 0.6) is 23.0 Å². The Morgan fingerprint density at radius 2 is 1.96 bits per heavy atom. The summed E-state index contributed by atoms with van der Waals surface area (Å²) >= 11 is 0. The summed E-state index contributed by atoms with van der Waals surface area (Å²) in [5.41, 5.74) is 2.65. The zero-order chi connectivity index (χ0) is 19.7. The van der Waals surface area contributed by atoms with Crippen molar-refractivity contribution in [1.82, 2.24) is 10.2 Å². The number of hydrogen-bond donors (Lipinski definition) is 2. The van der Waals surface area contributed by atoms with E-state index in [-0.39, 0.29) is 19.0 Å². The lowest BCUT2D eigenvalue weighted by Gasteiger charge is -2.36. The lowest BCUT2D eigenvalue weighted by Crippen LogP contribution is -2.45. The van der Waals surface area contributed by atoms with Crippen molar-refractivity contribution in [3.8, 4) is 23.0 Å². The zero-order valence-electron chi connectivity index (χ0n) is 16.1. The van der Waals surface area contributed by atoms with E-state index in [0.717, 1.165) is 29.8 Å². The Kier molecular flexibility index (Phi) is 4.87. The number of rotatable bonds is 4. The second kappa shape index (κ2) is 7.47. The molecule has 2 aliphatic heterocycles. The first-order valence-corrected chi connectivity index (χ1v) is 9.02. The Balaban J connectivity index is 1.59. The van der Waals surface area contributed by atoms with Crippen LogP contribution in [0.15, 0.2) is 30.3 Å². The van der Waals surface area contributed by atoms with Crippen LogP contribution < -0.4 is 29.6 Å². The standard InChI is InChI=1S/C20H23N3O5/c1-23-9-8-12-10-15-17(28-11-27-15)18(26-3)16(12)19(23)22-20(24)21-13-4-6-14(25-2)7-5-13/h4-7,10,19H,8-9,11H2,1-3H3,(H2,21,22,24). The van der Waals surface area contributed by atoms with Gasteiger partial charge in [0.2, 0.25) is 12.5 Å². The molecule has 1 atom stereocenters. The minimum absolute atomic E-state index is 0.167. The van der Waals surface area contributed by atoms with Crippen LogP contribution in [0.25, 0.3) is 0 Å². The van der Waals surface area contributed by atoms with E-state index in [2.05, 4.69) is 15.5 Å². The Hall–Kier alpha value is -3.13. The van der Waals surface area contributed by atoms with Gasteiger partial charge in [-0.25, -0.2) is 4.79 Å². The molecule has 2 aromatic carbocycles. The Morgan fingerprint density at radius 3 is 2.68 bits per heavy atom. The van der Waals surface area contributed by atoms with Crippen molar-refractivity contribution in [2.45, 2.75) is 12.6 Å². The molecule has 2 aliphatic rings. The molecule has 0 bridgehead atoms. The summed E-state index contributed by atoms with van der Waals surface area (Å²) in [5, 5.41) is 5.89. The second-order valence-corrected chi connectivity index (χ2v) is 6.68. The van der Waals surface area contributed by atoms with Gasteiger partial charge in [0.25, 0.3) is 0 Å². The molecule has 8 nitrogen and oxygen atoms in total. The van der Waals surface area contributed by atoms with Crippen molar-refractivity contribution < 1.29 is 23.7 Å². The molecule has 0 saturated carbocycles. The van der Waals surface area contributed by atoms with Crippen LogP contribution in [0, 0.1) is 0 Å². The normalized spacial score (nSPS) is 17.6. The quantitative estimate of drug-likeness (QED) is 0.842. The second-order valence-electron chi connectivity index (χ2n) is 6.68. The monoisotopic (exact) mass is 385 g/mol. The van der Waals surface area contributed by atoms with Crippen LogP contribution in [0.3, 0.4) is 0 Å². The fraction of sp³-hybridized carbons (Fsp3) is 0.350. The molecule has 28 heavy (non-hydrogen) atoms. The van der Waals surface area contributed by atoms with Gasteiger partial charge in [-0.15, -0.1) is 0 Å². The summed E-state index contributed by atoms with van der Waals surface area (Å²) in [5.74, 6) is 2.60. The first-order chi connectivity index (χ1) is 13.6. The number of methoxy groups -OCH3 is 2. The third-order valence-corrected chi connectivity index (χ3v) is 5.01. The summed E-state index contributed by atoms with van der Waals surface area (Å²) < 4.78 is 21.9. The van der Waals surface area contributed by atoms with Crippen LogP contribution in [0.4, 0.5) is 10.5 Å². The molecule has 148 valence electrons. The van der Waals surface area contributed by atoms with E-state index < -0.39 is 0 Å². The lowest BCUT2D eigenvalue weighted by atomic mass is 9.95. The van der Waals surface area contributed by atoms with Gasteiger partial charge in [0.1, 0.15) is 11.9 Å². The summed E-state index contributed by atoms with van der Waals surface area (Å²) in [6.07, 6.45) is 0.475. The fourth-order valence-corrected chi connectivity index (χ4v) is 3.58. The molecule has 2 N–H and O–H groups in total. The molecule has 8 heteroatoms. The molecule has 0 aliphatic carbocycles. The Labute approximate surface area is 163 Å². The molecule has 2 amide bonds. The average molecular weight is 385 g/mol. The maximum absolute atomic E-state index is 12.6. The number of nitrogens with one attached hydrogen (secondary N) is 2. The molecule has 1 unspecified atom stereocenters. The van der Waals surface area contributed by atoms with E-state index in [0.29, 0.717) is 22.9 Å². The molecule has 0 saturated heterocycles. The van der Waals surface area contributed by atoms with Crippen molar-refractivity contribution in [3.05, 3.63) is 41.5 Å². The van der Waals surface area contributed by atoms with Crippen LogP contribution in [0.1, 0.15) is 17.3 Å². The van der Waals surface area contributed by atoms with Gasteiger partial charge < -0.3 is 29.6 Å². The molecule has 0 radical (unpaired) electrons. The first-order valence-electron chi connectivity index (χ1n) is 9.02. The number of amides is 2. The van der Waals surface area contributed by atoms with Crippen LogP contribution in [0.2, 0.25) is 0 Å². The van der Waals surface area contributed by atoms with Gasteiger partial charge in [-0.3, -0.25) is 4.90 Å². The van der Waals surface area contributed by atoms with Crippen molar-refractivity contribution in [3.63, 3.8) is 0 Å². The SMILES string of the molecule is COc1ccc(NC(=O)NC2c3c(cc4c(c3OC)OCO4)CCN2C)cc1. The largest absolute Gasteiger partial charge is 0.497 e. The molecular weight excluding hydrogens is 362 g/mol. The van der Waals surface area contributed by atoms with Gasteiger partial charge >= 0.3 is 6.03 Å². The summed E-state index contributed by atoms with van der Waals surface area (Å²) in [7, 11) is 5.16. The van der Waals surface area contributed by atoms with E-state index in [1.165, 1.54) is 0 Å². The molecule has 0 fully saturated rings. The predicted octanol–water partition coefficient (Wildman–Crippen LogP) is 2.74. The highest BCUT2D eigenvalue weighted by molar-refractivity contribution is 5.89. The van der Waals surface area contributed by atoms with Gasteiger partial charge in [-0.2, -0.15) is 0 Å². The predicted molar refractivity (Wildman–Crippen MR) is 103 cm³/mol. The molecule has 4 rings (SSSR count). The van der Waals surface area contributed by atoms with Crippen molar-refractivity contribution >= 4 is 11.7 Å². The van der Waals surface area contributed by atoms with Crippen molar-refractivity contribution in [2.75, 3.05) is 39.9 Å². The number of carbonyl (C=O) groups excluding carboxylic acids is 1. The number of nitrogens with zero attached hydrogens (tertiary/aromatic N) is 1. The number of fused-ring (bicyclic) bond motifs is 2. The van der Waals surface area contributed by atoms with Crippen LogP contribution >= 0.6 is 0 Å². The number of ether oxygens (including phenoxy) is 4. The zero-order valence-corrected chi connectivity index (χ0v) is 16.1. The van der Waals surface area contributed by atoms with E-state index in [4.69, 9.17) is 18.9 Å². The van der Waals surface area contributed by atoms with E-state index >= 15 is 0 Å². The highest BCUT2D eigenvalue weighted by atomic mass is 16.7. The van der Waals surface area contributed by atoms with E-state index in [9.17, 15) is 4.79 Å². The molecule has 2 aromatic rings. The van der Waals surface area contributed by atoms with Gasteiger partial charge in [0.15, 0.2) is 11.5 Å². The first kappa shape index (κ1) is 18.2. The highest BCUT2D eigenvalue weighted by Gasteiger charge is 2.34. The molecule has 0 spiro atoms. The van der Waals surface area contributed by atoms with Gasteiger partial charge in [-0.1, -0.05) is 0 Å². The third-order valence-electron chi connectivity index (χ3n) is 5.01. The maximum atomic E-state index is 12.6. The van der Waals surface area contributed by atoms with E-state index in [1.54, 1.807) is 38.5 Å². The van der Waals surface area contributed by atoms with Crippen LogP contribution in [-0.2, 0) is 6.42 Å². The summed E-state index contributed by atoms with van der Waals surface area (Å²) in [6.45, 7) is 0.962. The van der Waals surface area contributed by atoms with Gasteiger partial charge in [-0.05, 0) is 49.4 Å². The molecule has 2 heterocycles. The number of anilines is 1. The number of benzene rings is 2. The fourth-order valence-electron chi connectivity index (χ4n) is 3.58. The molecular formula is C20H23N3O5. The average Bonchev–Trinajstić information content (AvgIpc) is 3.17. The Morgan fingerprint density at radius 1 is 1.18 bits per heavy atom. The summed E-state index contributed by atoms with van der Waals surface area (Å²) in [4.78, 5) is 14.7. The van der Waals surface area contributed by atoms with Crippen molar-refractivity contribution in [1.29, 1.82) is 0 Å². The minimum atomic E-state index is -0.355. The number of likely N-dealkylation sites (N-methyl/N-ethyl adjacent to an activating group) is 1. The number of urea groups is 1. The third kappa shape index (κ3) is 3.27. The minimum Gasteiger partial charge on any atom is -0.497 e. The highest BCUT2D eigenvalue weighted by Crippen LogP contribution is 2.48. The van der Waals surface area contributed by atoms with Gasteiger partial charge in [0, 0.05) is 17.8 Å². The number of hydrogen-bond acceptors (Lipinski definition) is 6. The van der Waals surface area contributed by atoms with Gasteiger partial charge in [0.05, 0.1) is 14.2 Å². The molecule has 0 aromatic heterocycles. The maximum Gasteiger partial charge on any atom is 0.320 e.